The first kappa shape index (κ1) is 15.0. The highest BCUT2D eigenvalue weighted by atomic mass is 16.5. The molecule has 3 nitrogen and oxygen atoms in total. The highest BCUT2D eigenvalue weighted by Crippen LogP contribution is 2.38. The molecular formula is C18H27NO2. The van der Waals surface area contributed by atoms with E-state index in [9.17, 15) is 0 Å². The van der Waals surface area contributed by atoms with Crippen molar-refractivity contribution in [1.82, 2.24) is 4.90 Å². The van der Waals surface area contributed by atoms with E-state index in [-0.39, 0.29) is 5.60 Å². The lowest BCUT2D eigenvalue weighted by Crippen LogP contribution is -2.33. The number of benzene rings is 1. The van der Waals surface area contributed by atoms with E-state index in [0.29, 0.717) is 5.92 Å². The average molecular weight is 289 g/mol. The van der Waals surface area contributed by atoms with Crippen LogP contribution in [0.4, 0.5) is 0 Å². The normalized spacial score (nSPS) is 29.5. The molecule has 116 valence electrons. The molecule has 0 N–H and O–H groups in total. The van der Waals surface area contributed by atoms with Gasteiger partial charge in [-0.25, -0.2) is 0 Å². The van der Waals surface area contributed by atoms with Crippen molar-refractivity contribution >= 4 is 0 Å². The first-order valence-corrected chi connectivity index (χ1v) is 8.19. The van der Waals surface area contributed by atoms with Crippen LogP contribution >= 0.6 is 0 Å². The van der Waals surface area contributed by atoms with E-state index in [4.69, 9.17) is 9.47 Å². The summed E-state index contributed by atoms with van der Waals surface area (Å²) in [5.41, 5.74) is 1.58. The molecule has 21 heavy (non-hydrogen) atoms. The predicted octanol–water partition coefficient (Wildman–Crippen LogP) is 2.75. The smallest absolute Gasteiger partial charge is 0.0824 e. The molecule has 2 heterocycles. The minimum Gasteiger partial charge on any atom is -0.385 e. The topological polar surface area (TPSA) is 21.7 Å². The first-order valence-electron chi connectivity index (χ1n) is 8.19. The second kappa shape index (κ2) is 6.91. The lowest BCUT2D eigenvalue weighted by Gasteiger charge is -2.23. The van der Waals surface area contributed by atoms with Gasteiger partial charge in [0.15, 0.2) is 0 Å². The molecule has 0 aromatic heterocycles. The first-order chi connectivity index (χ1) is 10.3. The third-order valence-electron chi connectivity index (χ3n) is 4.97. The van der Waals surface area contributed by atoms with Gasteiger partial charge in [-0.3, -0.25) is 0 Å². The van der Waals surface area contributed by atoms with Crippen LogP contribution in [0.3, 0.4) is 0 Å². The van der Waals surface area contributed by atoms with Crippen molar-refractivity contribution in [3.05, 3.63) is 35.9 Å². The summed E-state index contributed by atoms with van der Waals surface area (Å²) in [6.07, 6.45) is 4.70. The van der Waals surface area contributed by atoms with E-state index in [1.807, 2.05) is 0 Å². The van der Waals surface area contributed by atoms with Gasteiger partial charge in [0.25, 0.3) is 0 Å². The molecule has 3 rings (SSSR count). The number of hydrogen-bond donors (Lipinski definition) is 0. The van der Waals surface area contributed by atoms with Gasteiger partial charge in [0, 0.05) is 33.4 Å². The Labute approximate surface area is 128 Å². The molecule has 0 aliphatic carbocycles. The molecule has 2 fully saturated rings. The number of likely N-dealkylation sites (tertiary alicyclic amines) is 1. The summed E-state index contributed by atoms with van der Waals surface area (Å²) < 4.78 is 11.4. The lowest BCUT2D eigenvalue weighted by atomic mass is 9.92. The molecule has 0 saturated carbocycles. The van der Waals surface area contributed by atoms with Gasteiger partial charge in [-0.15, -0.1) is 0 Å². The number of hydrogen-bond acceptors (Lipinski definition) is 3. The Morgan fingerprint density at radius 2 is 2.19 bits per heavy atom. The second-order valence-electron chi connectivity index (χ2n) is 6.61. The Morgan fingerprint density at radius 3 is 3.00 bits per heavy atom. The number of ether oxygens (including phenoxy) is 2. The Balaban J connectivity index is 1.45. The molecule has 0 radical (unpaired) electrons. The van der Waals surface area contributed by atoms with Crippen LogP contribution in [0.25, 0.3) is 0 Å². The number of rotatable bonds is 6. The van der Waals surface area contributed by atoms with Crippen LogP contribution in [-0.4, -0.2) is 50.5 Å². The van der Waals surface area contributed by atoms with Crippen LogP contribution < -0.4 is 0 Å². The monoisotopic (exact) mass is 289 g/mol. The summed E-state index contributed by atoms with van der Waals surface area (Å²) in [6.45, 7) is 5.24. The Morgan fingerprint density at radius 1 is 1.33 bits per heavy atom. The fourth-order valence-corrected chi connectivity index (χ4v) is 3.74. The van der Waals surface area contributed by atoms with Crippen molar-refractivity contribution in [3.63, 3.8) is 0 Å². The van der Waals surface area contributed by atoms with Gasteiger partial charge < -0.3 is 14.4 Å². The zero-order valence-electron chi connectivity index (χ0n) is 13.1. The Kier molecular flexibility index (Phi) is 4.94. The molecule has 1 spiro atoms. The SMILES string of the molecule is COCC[C@@H]1CO[C@@]2(CCN(CCc3ccccc3)C2)C1. The Hall–Kier alpha value is -0.900. The largest absolute Gasteiger partial charge is 0.385 e. The molecule has 1 aromatic rings. The zero-order chi connectivity index (χ0) is 14.5. The maximum absolute atomic E-state index is 6.20. The van der Waals surface area contributed by atoms with Gasteiger partial charge in [-0.2, -0.15) is 0 Å². The molecule has 2 saturated heterocycles. The van der Waals surface area contributed by atoms with E-state index in [1.165, 1.54) is 24.9 Å². The standard InChI is InChI=1S/C18H27NO2/c1-20-12-8-17-13-18(21-14-17)9-11-19(15-18)10-7-16-5-3-2-4-6-16/h2-6,17H,7-15H2,1H3/t17-,18-/m0/s1. The summed E-state index contributed by atoms with van der Waals surface area (Å²) in [7, 11) is 1.78. The predicted molar refractivity (Wildman–Crippen MR) is 84.5 cm³/mol. The summed E-state index contributed by atoms with van der Waals surface area (Å²) in [4.78, 5) is 2.58. The van der Waals surface area contributed by atoms with E-state index in [1.54, 1.807) is 7.11 Å². The maximum atomic E-state index is 6.20. The third kappa shape index (κ3) is 3.85. The second-order valence-corrected chi connectivity index (χ2v) is 6.61. The van der Waals surface area contributed by atoms with Crippen LogP contribution in [0.15, 0.2) is 30.3 Å². The van der Waals surface area contributed by atoms with Crippen LogP contribution in [0.1, 0.15) is 24.8 Å². The van der Waals surface area contributed by atoms with Crippen molar-refractivity contribution < 1.29 is 9.47 Å². The van der Waals surface area contributed by atoms with Crippen molar-refractivity contribution in [2.45, 2.75) is 31.3 Å². The maximum Gasteiger partial charge on any atom is 0.0824 e. The Bertz CT molecular complexity index is 436. The fourth-order valence-electron chi connectivity index (χ4n) is 3.74. The number of methoxy groups -OCH3 is 1. The molecule has 0 amide bonds. The van der Waals surface area contributed by atoms with Crippen molar-refractivity contribution in [2.24, 2.45) is 5.92 Å². The molecule has 2 aliphatic heterocycles. The minimum absolute atomic E-state index is 0.148. The van der Waals surface area contributed by atoms with Gasteiger partial charge in [0.05, 0.1) is 12.2 Å². The van der Waals surface area contributed by atoms with Crippen molar-refractivity contribution in [2.75, 3.05) is 40.0 Å². The van der Waals surface area contributed by atoms with E-state index in [2.05, 4.69) is 35.2 Å². The summed E-state index contributed by atoms with van der Waals surface area (Å²) in [6, 6.07) is 10.8. The molecule has 2 atom stereocenters. The minimum atomic E-state index is 0.148. The molecule has 1 aromatic carbocycles. The van der Waals surface area contributed by atoms with Gasteiger partial charge in [-0.1, -0.05) is 30.3 Å². The molecule has 0 bridgehead atoms. The van der Waals surface area contributed by atoms with Crippen LogP contribution in [0, 0.1) is 5.92 Å². The number of nitrogens with zero attached hydrogens (tertiary/aromatic N) is 1. The summed E-state index contributed by atoms with van der Waals surface area (Å²) in [5, 5.41) is 0. The lowest BCUT2D eigenvalue weighted by molar-refractivity contribution is 0.0114. The van der Waals surface area contributed by atoms with E-state index >= 15 is 0 Å². The highest BCUT2D eigenvalue weighted by molar-refractivity contribution is 5.15. The van der Waals surface area contributed by atoms with Gasteiger partial charge in [0.1, 0.15) is 0 Å². The van der Waals surface area contributed by atoms with Gasteiger partial charge in [0.2, 0.25) is 0 Å². The zero-order valence-corrected chi connectivity index (χ0v) is 13.1. The summed E-state index contributed by atoms with van der Waals surface area (Å²) in [5.74, 6) is 0.694. The van der Waals surface area contributed by atoms with Crippen LogP contribution in [0.2, 0.25) is 0 Å². The van der Waals surface area contributed by atoms with Crippen molar-refractivity contribution in [1.29, 1.82) is 0 Å². The fraction of sp³-hybridized carbons (Fsp3) is 0.667. The molecule has 0 unspecified atom stereocenters. The molecular weight excluding hydrogens is 262 g/mol. The van der Waals surface area contributed by atoms with Crippen molar-refractivity contribution in [3.8, 4) is 0 Å². The van der Waals surface area contributed by atoms with E-state index in [0.717, 1.165) is 39.1 Å². The summed E-state index contributed by atoms with van der Waals surface area (Å²) >= 11 is 0. The van der Waals surface area contributed by atoms with Gasteiger partial charge >= 0.3 is 0 Å². The average Bonchev–Trinajstić information content (AvgIpc) is 3.11. The quantitative estimate of drug-likeness (QED) is 0.804. The van der Waals surface area contributed by atoms with Crippen LogP contribution in [0.5, 0.6) is 0 Å². The molecule has 3 heteroatoms. The third-order valence-corrected chi connectivity index (χ3v) is 4.97. The molecule has 2 aliphatic rings. The van der Waals surface area contributed by atoms with E-state index < -0.39 is 0 Å². The van der Waals surface area contributed by atoms with Crippen LogP contribution in [-0.2, 0) is 15.9 Å². The highest BCUT2D eigenvalue weighted by Gasteiger charge is 2.44. The van der Waals surface area contributed by atoms with Gasteiger partial charge in [-0.05, 0) is 37.2 Å².